The topological polar surface area (TPSA) is 118 Å². The summed E-state index contributed by atoms with van der Waals surface area (Å²) in [5.74, 6) is -2.21. The first-order chi connectivity index (χ1) is 16.8. The van der Waals surface area contributed by atoms with Crippen LogP contribution in [0, 0.1) is 11.8 Å². The van der Waals surface area contributed by atoms with Gasteiger partial charge >= 0.3 is 12.1 Å². The van der Waals surface area contributed by atoms with E-state index in [0.717, 1.165) is 22.3 Å². The minimum Gasteiger partial charge on any atom is -0.481 e. The lowest BCUT2D eigenvalue weighted by Crippen LogP contribution is -2.35. The number of thiazole rings is 1. The zero-order valence-corrected chi connectivity index (χ0v) is 20.3. The lowest BCUT2D eigenvalue weighted by atomic mass is 9.96. The molecule has 0 bridgehead atoms. The van der Waals surface area contributed by atoms with Crippen molar-refractivity contribution in [2.45, 2.75) is 26.3 Å². The van der Waals surface area contributed by atoms with Gasteiger partial charge in [0.15, 0.2) is 0 Å². The smallest absolute Gasteiger partial charge is 0.407 e. The molecule has 182 valence electrons. The average Bonchev–Trinajstić information content (AvgIpc) is 3.44. The molecule has 0 radical (unpaired) electrons. The van der Waals surface area contributed by atoms with E-state index in [1.807, 2.05) is 24.3 Å². The van der Waals surface area contributed by atoms with Crippen LogP contribution in [0.3, 0.4) is 0 Å². The number of carbonyl (C=O) groups excluding carboxylic acids is 2. The monoisotopic (exact) mass is 493 g/mol. The van der Waals surface area contributed by atoms with Crippen LogP contribution in [0.4, 0.5) is 4.79 Å². The van der Waals surface area contributed by atoms with Gasteiger partial charge in [-0.15, -0.1) is 11.3 Å². The maximum atomic E-state index is 12.4. The zero-order chi connectivity index (χ0) is 24.9. The molecule has 8 nitrogen and oxygen atoms in total. The Kier molecular flexibility index (Phi) is 7.45. The fraction of sp³-hybridized carbons (Fsp3) is 0.308. The first kappa shape index (κ1) is 24.4. The molecule has 0 aliphatic heterocycles. The summed E-state index contributed by atoms with van der Waals surface area (Å²) in [6.07, 6.45) is -0.561. The molecule has 35 heavy (non-hydrogen) atoms. The molecule has 3 aromatic rings. The van der Waals surface area contributed by atoms with E-state index in [0.29, 0.717) is 5.01 Å². The van der Waals surface area contributed by atoms with Crippen molar-refractivity contribution < 1.29 is 24.2 Å². The summed E-state index contributed by atoms with van der Waals surface area (Å²) in [4.78, 5) is 40.2. The third-order valence-electron chi connectivity index (χ3n) is 6.12. The van der Waals surface area contributed by atoms with Gasteiger partial charge < -0.3 is 20.5 Å². The average molecular weight is 494 g/mol. The summed E-state index contributed by atoms with van der Waals surface area (Å²) < 4.78 is 5.52. The van der Waals surface area contributed by atoms with Gasteiger partial charge in [-0.25, -0.2) is 9.78 Å². The van der Waals surface area contributed by atoms with Crippen LogP contribution in [0.5, 0.6) is 0 Å². The first-order valence-corrected chi connectivity index (χ1v) is 12.3. The number of nitrogens with zero attached hydrogens (tertiary/aromatic N) is 1. The van der Waals surface area contributed by atoms with Crippen LogP contribution in [-0.4, -0.2) is 41.2 Å². The predicted octanol–water partition coefficient (Wildman–Crippen LogP) is 4.27. The van der Waals surface area contributed by atoms with Crippen molar-refractivity contribution in [3.05, 3.63) is 75.7 Å². The van der Waals surface area contributed by atoms with Crippen LogP contribution in [0.25, 0.3) is 11.1 Å². The van der Waals surface area contributed by atoms with Gasteiger partial charge in [0, 0.05) is 17.8 Å². The molecule has 1 heterocycles. The molecule has 3 N–H and O–H groups in total. The number of nitrogens with one attached hydrogen (secondary N) is 2. The number of ether oxygens (including phenoxy) is 1. The normalized spacial score (nSPS) is 13.1. The number of carboxylic acids is 1. The number of aliphatic carboxylic acids is 1. The number of amides is 2. The SMILES string of the molecule is CC(C)C(CNC(=O)c1csc(CNC(=O)OCC2c3ccccc3-c3ccccc32)n1)C(=O)O. The number of hydrogen-bond donors (Lipinski definition) is 3. The van der Waals surface area contributed by atoms with Crippen LogP contribution in [0.15, 0.2) is 53.9 Å². The Balaban J connectivity index is 1.28. The van der Waals surface area contributed by atoms with Crippen molar-refractivity contribution in [3.8, 4) is 11.1 Å². The highest BCUT2D eigenvalue weighted by Crippen LogP contribution is 2.44. The second-order valence-electron chi connectivity index (χ2n) is 8.70. The molecular formula is C26H27N3O5S. The quantitative estimate of drug-likeness (QED) is 0.410. The number of aromatic nitrogens is 1. The summed E-state index contributed by atoms with van der Waals surface area (Å²) in [6, 6.07) is 16.2. The number of rotatable bonds is 9. The molecule has 0 fully saturated rings. The van der Waals surface area contributed by atoms with Gasteiger partial charge in [-0.1, -0.05) is 62.4 Å². The lowest BCUT2D eigenvalue weighted by Gasteiger charge is -2.16. The highest BCUT2D eigenvalue weighted by Gasteiger charge is 2.29. The van der Waals surface area contributed by atoms with E-state index in [9.17, 15) is 19.5 Å². The summed E-state index contributed by atoms with van der Waals surface area (Å²) in [6.45, 7) is 3.95. The summed E-state index contributed by atoms with van der Waals surface area (Å²) in [7, 11) is 0. The van der Waals surface area contributed by atoms with Crippen molar-refractivity contribution in [1.29, 1.82) is 0 Å². The first-order valence-electron chi connectivity index (χ1n) is 11.4. The van der Waals surface area contributed by atoms with Crippen LogP contribution < -0.4 is 10.6 Å². The molecule has 1 aliphatic carbocycles. The van der Waals surface area contributed by atoms with Crippen LogP contribution in [0.2, 0.25) is 0 Å². The largest absolute Gasteiger partial charge is 0.481 e. The van der Waals surface area contributed by atoms with E-state index < -0.39 is 23.9 Å². The number of benzene rings is 2. The number of fused-ring (bicyclic) bond motifs is 3. The second kappa shape index (κ2) is 10.7. The van der Waals surface area contributed by atoms with Crippen molar-refractivity contribution in [1.82, 2.24) is 15.6 Å². The van der Waals surface area contributed by atoms with Gasteiger partial charge in [-0.2, -0.15) is 0 Å². The Morgan fingerprint density at radius 3 is 2.26 bits per heavy atom. The molecule has 1 aromatic heterocycles. The third-order valence-corrected chi connectivity index (χ3v) is 6.97. The molecule has 0 saturated heterocycles. The Bertz CT molecular complexity index is 1190. The maximum Gasteiger partial charge on any atom is 0.407 e. The summed E-state index contributed by atoms with van der Waals surface area (Å²) in [5.41, 5.74) is 4.79. The van der Waals surface area contributed by atoms with Crippen LogP contribution in [-0.2, 0) is 16.1 Å². The second-order valence-corrected chi connectivity index (χ2v) is 9.65. The van der Waals surface area contributed by atoms with Crippen LogP contribution in [0.1, 0.15) is 46.4 Å². The third kappa shape index (κ3) is 5.51. The van der Waals surface area contributed by atoms with Crippen molar-refractivity contribution >= 4 is 29.3 Å². The molecule has 4 rings (SSSR count). The number of carbonyl (C=O) groups is 3. The Labute approximate surface area is 207 Å². The fourth-order valence-electron chi connectivity index (χ4n) is 4.19. The molecular weight excluding hydrogens is 466 g/mol. The van der Waals surface area contributed by atoms with E-state index in [1.165, 1.54) is 11.3 Å². The maximum absolute atomic E-state index is 12.4. The van der Waals surface area contributed by atoms with Gasteiger partial charge in [0.05, 0.1) is 12.5 Å². The Morgan fingerprint density at radius 2 is 1.66 bits per heavy atom. The Hall–Kier alpha value is -3.72. The van der Waals surface area contributed by atoms with Crippen molar-refractivity contribution in [3.63, 3.8) is 0 Å². The van der Waals surface area contributed by atoms with Crippen LogP contribution >= 0.6 is 11.3 Å². The highest BCUT2D eigenvalue weighted by molar-refractivity contribution is 7.09. The van der Waals surface area contributed by atoms with Crippen molar-refractivity contribution in [2.75, 3.05) is 13.2 Å². The van der Waals surface area contributed by atoms with Gasteiger partial charge in [0.2, 0.25) is 0 Å². The standard InChI is InChI=1S/C26H27N3O5S/c1-15(2)20(25(31)32)11-27-24(30)22-14-35-23(29-22)12-28-26(33)34-13-21-18-9-5-3-7-16(18)17-8-4-6-10-19(17)21/h3-10,14-15,20-21H,11-13H2,1-2H3,(H,27,30)(H,28,33)(H,31,32). The number of carboxylic acid groups (broad SMARTS) is 1. The van der Waals surface area contributed by atoms with Gasteiger partial charge in [-0.3, -0.25) is 9.59 Å². The summed E-state index contributed by atoms with van der Waals surface area (Å²) >= 11 is 1.23. The molecule has 1 atom stereocenters. The molecule has 1 unspecified atom stereocenters. The zero-order valence-electron chi connectivity index (χ0n) is 19.5. The van der Waals surface area contributed by atoms with Gasteiger partial charge in [0.1, 0.15) is 17.3 Å². The Morgan fingerprint density at radius 1 is 1.03 bits per heavy atom. The number of alkyl carbamates (subject to hydrolysis) is 1. The van der Waals surface area contributed by atoms with Crippen molar-refractivity contribution in [2.24, 2.45) is 11.8 Å². The van der Waals surface area contributed by atoms with Gasteiger partial charge in [-0.05, 0) is 28.2 Å². The minimum atomic E-state index is -0.952. The van der Waals surface area contributed by atoms with E-state index in [-0.39, 0.29) is 37.2 Å². The van der Waals surface area contributed by atoms with E-state index in [1.54, 1.807) is 19.2 Å². The van der Waals surface area contributed by atoms with Gasteiger partial charge in [0.25, 0.3) is 5.91 Å². The minimum absolute atomic E-state index is 0.0243. The van der Waals surface area contributed by atoms with E-state index >= 15 is 0 Å². The molecule has 0 spiro atoms. The number of hydrogen-bond acceptors (Lipinski definition) is 6. The molecule has 9 heteroatoms. The molecule has 0 saturated carbocycles. The molecule has 1 aliphatic rings. The van der Waals surface area contributed by atoms with E-state index in [2.05, 4.69) is 39.9 Å². The predicted molar refractivity (Wildman–Crippen MR) is 132 cm³/mol. The molecule has 2 aromatic carbocycles. The fourth-order valence-corrected chi connectivity index (χ4v) is 4.91. The highest BCUT2D eigenvalue weighted by atomic mass is 32.1. The van der Waals surface area contributed by atoms with E-state index in [4.69, 9.17) is 4.74 Å². The lowest BCUT2D eigenvalue weighted by molar-refractivity contribution is -0.142. The molecule has 2 amide bonds. The summed E-state index contributed by atoms with van der Waals surface area (Å²) in [5, 5.41) is 16.7.